The molecule has 0 aliphatic carbocycles. The average molecular weight is 461 g/mol. The highest BCUT2D eigenvalue weighted by Gasteiger charge is 2.17. The monoisotopic (exact) mass is 460 g/mol. The van der Waals surface area contributed by atoms with Crippen molar-refractivity contribution in [2.45, 2.75) is 0 Å². The first-order valence-corrected chi connectivity index (χ1v) is 12.3. The lowest BCUT2D eigenvalue weighted by Gasteiger charge is -2.20. The van der Waals surface area contributed by atoms with Gasteiger partial charge in [0.25, 0.3) is 0 Å². The molecule has 2 nitrogen and oxygen atoms in total. The number of hydrogen-bond acceptors (Lipinski definition) is 2. The molecule has 0 amide bonds. The molecule has 36 heavy (non-hydrogen) atoms. The van der Waals surface area contributed by atoms with Gasteiger partial charge in [-0.3, -0.25) is 0 Å². The van der Waals surface area contributed by atoms with E-state index < -0.39 is 0 Å². The Bertz CT molecular complexity index is 1810. The van der Waals surface area contributed by atoms with E-state index in [-0.39, 0.29) is 0 Å². The summed E-state index contributed by atoms with van der Waals surface area (Å²) >= 11 is 0. The van der Waals surface area contributed by atoms with Crippen LogP contribution < -0.4 is 10.6 Å². The Morgan fingerprint density at radius 2 is 0.917 bits per heavy atom. The summed E-state index contributed by atoms with van der Waals surface area (Å²) in [6.07, 6.45) is 0. The van der Waals surface area contributed by atoms with Crippen molar-refractivity contribution in [3.63, 3.8) is 0 Å². The van der Waals surface area contributed by atoms with Gasteiger partial charge in [-0.2, -0.15) is 0 Å². The molecule has 0 saturated heterocycles. The zero-order valence-corrected chi connectivity index (χ0v) is 19.7. The molecule has 0 heterocycles. The van der Waals surface area contributed by atoms with Gasteiger partial charge in [0.2, 0.25) is 0 Å². The number of nitrogens with one attached hydrogen (secondary N) is 2. The molecule has 0 unspecified atom stereocenters. The van der Waals surface area contributed by atoms with Crippen LogP contribution in [0.2, 0.25) is 0 Å². The van der Waals surface area contributed by atoms with Crippen LogP contribution in [0.3, 0.4) is 0 Å². The fourth-order valence-electron chi connectivity index (χ4n) is 5.31. The van der Waals surface area contributed by atoms with Crippen molar-refractivity contribution in [1.29, 1.82) is 0 Å². The van der Waals surface area contributed by atoms with Gasteiger partial charge in [0, 0.05) is 38.9 Å². The zero-order valence-electron chi connectivity index (χ0n) is 19.7. The number of benzene rings is 7. The standard InChI is InChI=1S/C34H24N2/c1-4-10-23(11-5-1)29-22-30-32(36-26-14-8-3-9-15-26)20-17-24-16-18-28-31(35-25-12-6-2-7-13-25)21-19-27(29)34(28)33(24)30/h1-22,35-36H. The van der Waals surface area contributed by atoms with Gasteiger partial charge in [-0.25, -0.2) is 0 Å². The maximum Gasteiger partial charge on any atom is 0.0464 e. The average Bonchev–Trinajstić information content (AvgIpc) is 2.94. The zero-order chi connectivity index (χ0) is 23.9. The minimum absolute atomic E-state index is 1.08. The van der Waals surface area contributed by atoms with E-state index in [1.165, 1.54) is 43.4 Å². The molecule has 2 N–H and O–H groups in total. The lowest BCUT2D eigenvalue weighted by Crippen LogP contribution is -1.96. The van der Waals surface area contributed by atoms with Crippen LogP contribution in [0.25, 0.3) is 43.4 Å². The summed E-state index contributed by atoms with van der Waals surface area (Å²) in [7, 11) is 0. The van der Waals surface area contributed by atoms with Crippen LogP contribution in [0.5, 0.6) is 0 Å². The third-order valence-corrected chi connectivity index (χ3v) is 6.97. The number of rotatable bonds is 5. The Morgan fingerprint density at radius 3 is 1.58 bits per heavy atom. The predicted molar refractivity (Wildman–Crippen MR) is 155 cm³/mol. The first-order valence-electron chi connectivity index (χ1n) is 12.3. The topological polar surface area (TPSA) is 24.1 Å². The predicted octanol–water partition coefficient (Wildman–Crippen LogP) is 9.74. The molecule has 0 atom stereocenters. The van der Waals surface area contributed by atoms with Crippen LogP contribution in [-0.4, -0.2) is 0 Å². The van der Waals surface area contributed by atoms with E-state index in [1.54, 1.807) is 0 Å². The first-order chi connectivity index (χ1) is 17.8. The number of hydrogen-bond donors (Lipinski definition) is 2. The van der Waals surface area contributed by atoms with Gasteiger partial charge in [-0.15, -0.1) is 0 Å². The molecule has 2 heteroatoms. The van der Waals surface area contributed by atoms with Gasteiger partial charge < -0.3 is 10.6 Å². The van der Waals surface area contributed by atoms with E-state index >= 15 is 0 Å². The minimum atomic E-state index is 1.08. The van der Waals surface area contributed by atoms with E-state index in [0.717, 1.165) is 22.7 Å². The maximum absolute atomic E-state index is 3.68. The third-order valence-electron chi connectivity index (χ3n) is 6.97. The largest absolute Gasteiger partial charge is 0.355 e. The fourth-order valence-corrected chi connectivity index (χ4v) is 5.31. The van der Waals surface area contributed by atoms with E-state index in [4.69, 9.17) is 0 Å². The Hall–Kier alpha value is -4.82. The molecule has 7 rings (SSSR count). The quantitative estimate of drug-likeness (QED) is 0.250. The van der Waals surface area contributed by atoms with Gasteiger partial charge in [0.15, 0.2) is 0 Å². The molecule has 0 radical (unpaired) electrons. The lowest BCUT2D eigenvalue weighted by atomic mass is 9.87. The molecule has 170 valence electrons. The highest BCUT2D eigenvalue weighted by molar-refractivity contribution is 6.30. The van der Waals surface area contributed by atoms with E-state index in [2.05, 4.69) is 132 Å². The molecular weight excluding hydrogens is 436 g/mol. The van der Waals surface area contributed by atoms with Gasteiger partial charge in [0.05, 0.1) is 0 Å². The van der Waals surface area contributed by atoms with E-state index in [0.29, 0.717) is 0 Å². The summed E-state index contributed by atoms with van der Waals surface area (Å²) in [5.41, 5.74) is 6.86. The van der Waals surface area contributed by atoms with Crippen molar-refractivity contribution in [3.8, 4) is 11.1 Å². The SMILES string of the molecule is c1ccc(Nc2ccc3ccc4c(Nc5ccccc5)ccc5c(-c6ccccc6)cc2c3c45)cc1. The summed E-state index contributed by atoms with van der Waals surface area (Å²) in [6.45, 7) is 0. The van der Waals surface area contributed by atoms with E-state index in [9.17, 15) is 0 Å². The summed E-state index contributed by atoms with van der Waals surface area (Å²) in [4.78, 5) is 0. The molecule has 0 spiro atoms. The Morgan fingerprint density at radius 1 is 0.389 bits per heavy atom. The number of anilines is 4. The molecule has 0 saturated carbocycles. The summed E-state index contributed by atoms with van der Waals surface area (Å²) in [6, 6.07) is 47.3. The van der Waals surface area contributed by atoms with Gasteiger partial charge in [-0.1, -0.05) is 91.0 Å². The first kappa shape index (κ1) is 20.5. The normalized spacial score (nSPS) is 11.3. The Labute approximate surface area is 210 Å². The lowest BCUT2D eigenvalue weighted by molar-refractivity contribution is 1.57. The Kier molecular flexibility index (Phi) is 4.82. The van der Waals surface area contributed by atoms with Crippen LogP contribution in [0.1, 0.15) is 0 Å². The van der Waals surface area contributed by atoms with Crippen LogP contribution in [0.4, 0.5) is 22.7 Å². The second kappa shape index (κ2) is 8.44. The smallest absolute Gasteiger partial charge is 0.0464 e. The summed E-state index contributed by atoms with van der Waals surface area (Å²) in [5.74, 6) is 0. The van der Waals surface area contributed by atoms with E-state index in [1.807, 2.05) is 12.1 Å². The third kappa shape index (κ3) is 3.43. The van der Waals surface area contributed by atoms with Crippen molar-refractivity contribution in [2.24, 2.45) is 0 Å². The molecule has 0 aromatic heterocycles. The van der Waals surface area contributed by atoms with Crippen LogP contribution in [-0.2, 0) is 0 Å². The van der Waals surface area contributed by atoms with Crippen molar-refractivity contribution < 1.29 is 0 Å². The highest BCUT2D eigenvalue weighted by atomic mass is 14.9. The van der Waals surface area contributed by atoms with Gasteiger partial charge in [0.1, 0.15) is 0 Å². The fraction of sp³-hybridized carbons (Fsp3) is 0. The maximum atomic E-state index is 3.68. The van der Waals surface area contributed by atoms with Gasteiger partial charge in [-0.05, 0) is 69.8 Å². The van der Waals surface area contributed by atoms with Crippen molar-refractivity contribution in [1.82, 2.24) is 0 Å². The summed E-state index contributed by atoms with van der Waals surface area (Å²) < 4.78 is 0. The van der Waals surface area contributed by atoms with Gasteiger partial charge >= 0.3 is 0 Å². The second-order valence-electron chi connectivity index (χ2n) is 9.18. The molecule has 7 aromatic rings. The van der Waals surface area contributed by atoms with Crippen LogP contribution in [0, 0.1) is 0 Å². The molecule has 0 aliphatic rings. The number of para-hydroxylation sites is 2. The summed E-state index contributed by atoms with van der Waals surface area (Å²) in [5, 5.41) is 14.9. The molecule has 0 fully saturated rings. The molecule has 0 aliphatic heterocycles. The highest BCUT2D eigenvalue weighted by Crippen LogP contribution is 2.45. The molecular formula is C34H24N2. The van der Waals surface area contributed by atoms with Crippen molar-refractivity contribution >= 4 is 55.1 Å². The molecule has 7 aromatic carbocycles. The Balaban J connectivity index is 1.54. The molecule has 0 bridgehead atoms. The second-order valence-corrected chi connectivity index (χ2v) is 9.18. The minimum Gasteiger partial charge on any atom is -0.355 e. The van der Waals surface area contributed by atoms with Crippen LogP contribution in [0.15, 0.2) is 133 Å². The van der Waals surface area contributed by atoms with Crippen molar-refractivity contribution in [2.75, 3.05) is 10.6 Å². The van der Waals surface area contributed by atoms with Crippen LogP contribution >= 0.6 is 0 Å². The van der Waals surface area contributed by atoms with Crippen molar-refractivity contribution in [3.05, 3.63) is 133 Å².